The fourth-order valence-corrected chi connectivity index (χ4v) is 1.87. The van der Waals surface area contributed by atoms with Gasteiger partial charge in [-0.2, -0.15) is 0 Å². The fraction of sp³-hybridized carbons (Fsp3) is 0.833. The monoisotopic (exact) mass is 290 g/mol. The summed E-state index contributed by atoms with van der Waals surface area (Å²) >= 11 is 6.01. The summed E-state index contributed by atoms with van der Waals surface area (Å²) in [6, 6.07) is 0. The maximum atomic E-state index is 12.7. The van der Waals surface area contributed by atoms with Crippen LogP contribution in [-0.2, 0) is 9.53 Å². The topological polar surface area (TPSA) is 26.3 Å². The number of carbonyl (C=O) groups excluding carboxylic acids is 1. The maximum Gasteiger partial charge on any atom is 0.306 e. The van der Waals surface area contributed by atoms with E-state index in [1.165, 1.54) is 7.11 Å². The minimum atomic E-state index is -1.06. The summed E-state index contributed by atoms with van der Waals surface area (Å²) in [5.74, 6) is -0.407. The van der Waals surface area contributed by atoms with E-state index in [1.807, 2.05) is 0 Å². The van der Waals surface area contributed by atoms with Crippen LogP contribution in [0.15, 0.2) is 0 Å². The van der Waals surface area contributed by atoms with Crippen molar-refractivity contribution in [2.24, 2.45) is 0 Å². The molecule has 66 valence electrons. The second-order valence-electron chi connectivity index (χ2n) is 1.97. The molecule has 2 unspecified atom stereocenters. The van der Waals surface area contributed by atoms with Crippen LogP contribution in [0.4, 0.5) is 4.39 Å². The van der Waals surface area contributed by atoms with Gasteiger partial charge in [-0.3, -0.25) is 4.79 Å². The van der Waals surface area contributed by atoms with E-state index in [2.05, 4.69) is 36.6 Å². The molecule has 0 aliphatic heterocycles. The number of hydrogen-bond acceptors (Lipinski definition) is 2. The Labute approximate surface area is 81.7 Å². The second-order valence-corrected chi connectivity index (χ2v) is 3.79. The SMILES string of the molecule is COC(=O)CC(Br)C(F)CBr. The number of alkyl halides is 3. The van der Waals surface area contributed by atoms with Crippen LogP contribution in [0.25, 0.3) is 0 Å². The molecule has 2 nitrogen and oxygen atoms in total. The molecule has 2 atom stereocenters. The van der Waals surface area contributed by atoms with Gasteiger partial charge in [-0.1, -0.05) is 31.9 Å². The zero-order valence-corrected chi connectivity index (χ0v) is 9.19. The van der Waals surface area contributed by atoms with Gasteiger partial charge in [0.15, 0.2) is 0 Å². The lowest BCUT2D eigenvalue weighted by Gasteiger charge is -2.10. The molecule has 11 heavy (non-hydrogen) atoms. The van der Waals surface area contributed by atoms with Gasteiger partial charge in [-0.05, 0) is 0 Å². The third-order valence-corrected chi connectivity index (χ3v) is 2.65. The van der Waals surface area contributed by atoms with E-state index in [-0.39, 0.29) is 11.8 Å². The Morgan fingerprint density at radius 3 is 2.64 bits per heavy atom. The fourth-order valence-electron chi connectivity index (χ4n) is 0.467. The number of halogens is 3. The van der Waals surface area contributed by atoms with Crippen molar-refractivity contribution >= 4 is 37.8 Å². The molecule has 0 fully saturated rings. The van der Waals surface area contributed by atoms with E-state index in [0.717, 1.165) is 0 Å². The van der Waals surface area contributed by atoms with Crippen molar-refractivity contribution in [3.63, 3.8) is 0 Å². The highest BCUT2D eigenvalue weighted by atomic mass is 79.9. The van der Waals surface area contributed by atoms with Gasteiger partial charge in [-0.15, -0.1) is 0 Å². The predicted octanol–water partition coefficient (Wildman–Crippen LogP) is 2.05. The lowest BCUT2D eigenvalue weighted by molar-refractivity contribution is -0.140. The van der Waals surface area contributed by atoms with Crippen LogP contribution in [0.1, 0.15) is 6.42 Å². The minimum Gasteiger partial charge on any atom is -0.469 e. The Hall–Kier alpha value is 0.360. The van der Waals surface area contributed by atoms with Crippen LogP contribution in [0.3, 0.4) is 0 Å². The molecule has 5 heteroatoms. The van der Waals surface area contributed by atoms with Crippen molar-refractivity contribution in [1.29, 1.82) is 0 Å². The molecule has 0 spiro atoms. The highest BCUT2D eigenvalue weighted by Gasteiger charge is 2.20. The number of rotatable bonds is 4. The number of carbonyl (C=O) groups is 1. The highest BCUT2D eigenvalue weighted by Crippen LogP contribution is 2.15. The zero-order chi connectivity index (χ0) is 8.85. The molecule has 0 aromatic heterocycles. The van der Waals surface area contributed by atoms with Crippen LogP contribution in [0, 0.1) is 0 Å². The predicted molar refractivity (Wildman–Crippen MR) is 48.0 cm³/mol. The van der Waals surface area contributed by atoms with Crippen molar-refractivity contribution in [3.8, 4) is 0 Å². The standard InChI is InChI=1S/C6H9Br2FO2/c1-11-6(10)2-4(8)5(9)3-7/h4-5H,2-3H2,1H3. The summed E-state index contributed by atoms with van der Waals surface area (Å²) in [6.45, 7) is 0. The molecule has 0 bridgehead atoms. The van der Waals surface area contributed by atoms with E-state index in [9.17, 15) is 9.18 Å². The molecule has 0 aromatic carbocycles. The van der Waals surface area contributed by atoms with Gasteiger partial charge in [0.2, 0.25) is 0 Å². The summed E-state index contributed by atoms with van der Waals surface area (Å²) in [6.07, 6.45) is -1.00. The Morgan fingerprint density at radius 2 is 2.27 bits per heavy atom. The van der Waals surface area contributed by atoms with Gasteiger partial charge in [0.25, 0.3) is 0 Å². The molecule has 0 amide bonds. The van der Waals surface area contributed by atoms with E-state index in [1.54, 1.807) is 0 Å². The van der Waals surface area contributed by atoms with E-state index < -0.39 is 17.0 Å². The molecule has 0 aromatic rings. The number of hydrogen-bond donors (Lipinski definition) is 0. The quantitative estimate of drug-likeness (QED) is 0.585. The lowest BCUT2D eigenvalue weighted by Crippen LogP contribution is -2.21. The Balaban J connectivity index is 3.67. The Bertz CT molecular complexity index is 132. The summed E-state index contributed by atoms with van der Waals surface area (Å²) in [5, 5.41) is 0.222. The van der Waals surface area contributed by atoms with Crippen molar-refractivity contribution in [3.05, 3.63) is 0 Å². The zero-order valence-electron chi connectivity index (χ0n) is 6.02. The van der Waals surface area contributed by atoms with Gasteiger partial charge in [0.05, 0.1) is 18.4 Å². The third kappa shape index (κ3) is 4.74. The van der Waals surface area contributed by atoms with E-state index in [0.29, 0.717) is 0 Å². The normalized spacial score (nSPS) is 15.6. The third-order valence-electron chi connectivity index (χ3n) is 1.13. The average molecular weight is 292 g/mol. The van der Waals surface area contributed by atoms with Crippen molar-refractivity contribution in [2.45, 2.75) is 17.4 Å². The molecular formula is C6H9Br2FO2. The van der Waals surface area contributed by atoms with E-state index >= 15 is 0 Å². The number of esters is 1. The summed E-state index contributed by atoms with van der Waals surface area (Å²) in [5.41, 5.74) is 0. The molecule has 0 saturated carbocycles. The first kappa shape index (κ1) is 11.4. The smallest absolute Gasteiger partial charge is 0.306 e. The lowest BCUT2D eigenvalue weighted by atomic mass is 10.2. The minimum absolute atomic E-state index is 0.0588. The first-order valence-electron chi connectivity index (χ1n) is 3.02. The van der Waals surface area contributed by atoms with Gasteiger partial charge in [-0.25, -0.2) is 4.39 Å². The molecule has 0 rings (SSSR count). The van der Waals surface area contributed by atoms with Crippen molar-refractivity contribution in [1.82, 2.24) is 0 Å². The summed E-state index contributed by atoms with van der Waals surface area (Å²) < 4.78 is 17.1. The first-order valence-corrected chi connectivity index (χ1v) is 5.06. The second kappa shape index (κ2) is 5.94. The average Bonchev–Trinajstić information content (AvgIpc) is 2.02. The van der Waals surface area contributed by atoms with Crippen LogP contribution in [0.2, 0.25) is 0 Å². The van der Waals surface area contributed by atoms with Gasteiger partial charge < -0.3 is 4.74 Å². The molecule has 0 aliphatic carbocycles. The molecule has 0 N–H and O–H groups in total. The number of ether oxygens (including phenoxy) is 1. The van der Waals surface area contributed by atoms with Crippen LogP contribution >= 0.6 is 31.9 Å². The molecule has 0 saturated heterocycles. The van der Waals surface area contributed by atoms with Gasteiger partial charge in [0, 0.05) is 5.33 Å². The molecule has 0 heterocycles. The van der Waals surface area contributed by atoms with Crippen LogP contribution in [0.5, 0.6) is 0 Å². The van der Waals surface area contributed by atoms with Crippen molar-refractivity contribution < 1.29 is 13.9 Å². The van der Waals surface area contributed by atoms with Crippen LogP contribution < -0.4 is 0 Å². The van der Waals surface area contributed by atoms with Crippen LogP contribution in [-0.4, -0.2) is 29.4 Å². The van der Waals surface area contributed by atoms with E-state index in [4.69, 9.17) is 0 Å². The first-order chi connectivity index (χ1) is 5.11. The summed E-state index contributed by atoms with van der Waals surface area (Å²) in [7, 11) is 1.28. The highest BCUT2D eigenvalue weighted by molar-refractivity contribution is 9.10. The van der Waals surface area contributed by atoms with Crippen molar-refractivity contribution in [2.75, 3.05) is 12.4 Å². The van der Waals surface area contributed by atoms with Gasteiger partial charge in [0.1, 0.15) is 6.17 Å². The Kier molecular flexibility index (Phi) is 6.14. The summed E-state index contributed by atoms with van der Waals surface area (Å²) in [4.78, 5) is 10.1. The number of methoxy groups -OCH3 is 1. The molecule has 0 aliphatic rings. The maximum absolute atomic E-state index is 12.7. The van der Waals surface area contributed by atoms with Gasteiger partial charge >= 0.3 is 5.97 Å². The molecular weight excluding hydrogens is 283 g/mol. The Morgan fingerprint density at radius 1 is 1.73 bits per heavy atom. The molecule has 0 radical (unpaired) electrons. The largest absolute Gasteiger partial charge is 0.469 e.